The van der Waals surface area contributed by atoms with Crippen LogP contribution in [0, 0.1) is 0 Å². The van der Waals surface area contributed by atoms with Gasteiger partial charge in [0.25, 0.3) is 10.1 Å². The van der Waals surface area contributed by atoms with Crippen molar-refractivity contribution in [1.82, 2.24) is 9.44 Å². The van der Waals surface area contributed by atoms with Crippen molar-refractivity contribution in [3.63, 3.8) is 0 Å². The van der Waals surface area contributed by atoms with Crippen molar-refractivity contribution < 1.29 is 43.0 Å². The van der Waals surface area contributed by atoms with E-state index in [1.165, 1.54) is 18.2 Å². The zero-order valence-corrected chi connectivity index (χ0v) is 28.4. The fraction of sp³-hybridized carbons (Fsp3) is 0.429. The molecule has 0 aliphatic rings. The van der Waals surface area contributed by atoms with Crippen LogP contribution in [0.4, 0.5) is 0 Å². The van der Waals surface area contributed by atoms with Crippen LogP contribution in [0.1, 0.15) is 32.4 Å². The van der Waals surface area contributed by atoms with E-state index in [0.717, 1.165) is 12.5 Å². The quantitative estimate of drug-likeness (QED) is 0.238. The molecule has 2 rings (SSSR count). The third-order valence-electron chi connectivity index (χ3n) is 3.86. The Morgan fingerprint density at radius 3 is 1.45 bits per heavy atom. The van der Waals surface area contributed by atoms with Gasteiger partial charge in [0.15, 0.2) is 0 Å². The second kappa shape index (κ2) is 18.1. The van der Waals surface area contributed by atoms with Gasteiger partial charge in [0, 0.05) is 32.7 Å². The van der Waals surface area contributed by atoms with Crippen LogP contribution in [-0.4, -0.2) is 64.4 Å². The fourth-order valence-electron chi connectivity index (χ4n) is 2.41. The van der Waals surface area contributed by atoms with Gasteiger partial charge < -0.3 is 5.11 Å². The molecule has 0 aromatic heterocycles. The number of benzene rings is 2. The van der Waals surface area contributed by atoms with E-state index >= 15 is 0 Å². The van der Waals surface area contributed by atoms with Gasteiger partial charge in [0.2, 0.25) is 29.1 Å². The molecule has 40 heavy (non-hydrogen) atoms. The lowest BCUT2D eigenvalue weighted by atomic mass is 10.2. The van der Waals surface area contributed by atoms with Crippen molar-refractivity contribution in [2.24, 2.45) is 0 Å². The standard InChI is InChI=1S/C10H14BrNO5S2.C9H12BrNO3S.CH3ClO2S.CH4/c1-3-12-19(15,16)10-6-8(4-5-9(10)11)7-17-18(2,13)14;1-2-11-15(13,14)9-5-7(6-12)3-4-8(9)10;1-5(2,3)4;/h4-6,12H,3,7H2,1-2H3;3-5,11-12H,2,6H2,1H3;1H3;1H4. The van der Waals surface area contributed by atoms with Gasteiger partial charge >= 0.3 is 0 Å². The maximum Gasteiger partial charge on any atom is 0.264 e. The van der Waals surface area contributed by atoms with Crippen LogP contribution in [0.15, 0.2) is 55.1 Å². The molecule has 3 N–H and O–H groups in total. The summed E-state index contributed by atoms with van der Waals surface area (Å²) < 4.78 is 98.1. The lowest BCUT2D eigenvalue weighted by Gasteiger charge is -2.09. The average Bonchev–Trinajstić information content (AvgIpc) is 2.77. The number of hydrogen-bond acceptors (Lipinski definition) is 10. The minimum atomic E-state index is -3.62. The molecule has 19 heteroatoms. The van der Waals surface area contributed by atoms with Crippen LogP contribution >= 0.6 is 42.5 Å². The van der Waals surface area contributed by atoms with Gasteiger partial charge in [0.05, 0.1) is 35.5 Å². The smallest absolute Gasteiger partial charge is 0.264 e. The van der Waals surface area contributed by atoms with Crippen molar-refractivity contribution in [2.45, 2.75) is 44.3 Å². The third-order valence-corrected chi connectivity index (χ3v) is 9.49. The van der Waals surface area contributed by atoms with Crippen LogP contribution in [0.3, 0.4) is 0 Å². The maximum atomic E-state index is 11.9. The number of rotatable bonds is 10. The molecule has 12 nitrogen and oxygen atoms in total. The highest BCUT2D eigenvalue weighted by atomic mass is 79.9. The molecule has 0 aliphatic heterocycles. The molecule has 232 valence electrons. The highest BCUT2D eigenvalue weighted by Gasteiger charge is 2.18. The van der Waals surface area contributed by atoms with E-state index in [9.17, 15) is 33.7 Å². The van der Waals surface area contributed by atoms with Gasteiger partial charge in [-0.15, -0.1) is 0 Å². The molecule has 0 amide bonds. The lowest BCUT2D eigenvalue weighted by Crippen LogP contribution is -2.23. The summed E-state index contributed by atoms with van der Waals surface area (Å²) in [5.41, 5.74) is 1.01. The number of hydrogen-bond donors (Lipinski definition) is 3. The molecule has 0 spiro atoms. The van der Waals surface area contributed by atoms with E-state index < -0.39 is 39.2 Å². The highest BCUT2D eigenvalue weighted by molar-refractivity contribution is 9.10. The van der Waals surface area contributed by atoms with Crippen LogP contribution in [-0.2, 0) is 56.6 Å². The van der Waals surface area contributed by atoms with E-state index in [-0.39, 0.29) is 37.0 Å². The van der Waals surface area contributed by atoms with E-state index in [0.29, 0.717) is 26.6 Å². The summed E-state index contributed by atoms with van der Waals surface area (Å²) in [7, 11) is -9.36. The Kier molecular flexibility index (Phi) is 18.8. The molecule has 2 aromatic carbocycles. The minimum absolute atomic E-state index is 0. The molecule has 0 saturated carbocycles. The van der Waals surface area contributed by atoms with Crippen molar-refractivity contribution in [1.29, 1.82) is 0 Å². The molecule has 0 saturated heterocycles. The molecular formula is C21H33Br2ClN2O10S4. The van der Waals surface area contributed by atoms with Crippen molar-refractivity contribution >= 4 is 81.8 Å². The van der Waals surface area contributed by atoms with Gasteiger partial charge in [-0.05, 0) is 67.3 Å². The Bertz CT molecular complexity index is 1530. The number of aliphatic hydroxyl groups excluding tert-OH is 1. The summed E-state index contributed by atoms with van der Waals surface area (Å²) in [6.07, 6.45) is 1.86. The van der Waals surface area contributed by atoms with Gasteiger partial charge in [-0.3, -0.25) is 4.18 Å². The summed E-state index contributed by atoms with van der Waals surface area (Å²) >= 11 is 6.31. The zero-order chi connectivity index (χ0) is 30.7. The topological polar surface area (TPSA) is 190 Å². The second-order valence-electron chi connectivity index (χ2n) is 7.34. The van der Waals surface area contributed by atoms with Crippen LogP contribution in [0.5, 0.6) is 0 Å². The van der Waals surface area contributed by atoms with E-state index in [4.69, 9.17) is 5.11 Å². The first-order chi connectivity index (χ1) is 17.7. The predicted molar refractivity (Wildman–Crippen MR) is 163 cm³/mol. The molecule has 0 fully saturated rings. The summed E-state index contributed by atoms with van der Waals surface area (Å²) in [6, 6.07) is 9.20. The molecule has 0 bridgehead atoms. The van der Waals surface area contributed by atoms with E-state index in [2.05, 4.69) is 56.2 Å². The largest absolute Gasteiger partial charge is 0.392 e. The normalized spacial score (nSPS) is 11.8. The first kappa shape index (κ1) is 41.5. The van der Waals surface area contributed by atoms with Crippen LogP contribution in [0.2, 0.25) is 0 Å². The van der Waals surface area contributed by atoms with Gasteiger partial charge in [0.1, 0.15) is 0 Å². The summed E-state index contributed by atoms with van der Waals surface area (Å²) in [6.45, 7) is 3.59. The Morgan fingerprint density at radius 1 is 0.775 bits per heavy atom. The van der Waals surface area contributed by atoms with Crippen molar-refractivity contribution in [2.75, 3.05) is 25.6 Å². The number of aliphatic hydroxyl groups is 1. The third kappa shape index (κ3) is 17.3. The van der Waals surface area contributed by atoms with E-state index in [1.807, 2.05) is 0 Å². The first-order valence-electron chi connectivity index (χ1n) is 10.6. The van der Waals surface area contributed by atoms with Crippen LogP contribution in [0.25, 0.3) is 0 Å². The van der Waals surface area contributed by atoms with E-state index in [1.54, 1.807) is 32.0 Å². The van der Waals surface area contributed by atoms with Gasteiger partial charge in [-0.1, -0.05) is 33.4 Å². The van der Waals surface area contributed by atoms with Gasteiger partial charge in [-0.2, -0.15) is 8.42 Å². The zero-order valence-electron chi connectivity index (χ0n) is 21.2. The summed E-state index contributed by atoms with van der Waals surface area (Å²) in [4.78, 5) is 0.194. The molecule has 0 aliphatic carbocycles. The van der Waals surface area contributed by atoms with Gasteiger partial charge in [-0.25, -0.2) is 34.7 Å². The monoisotopic (exact) mass is 794 g/mol. The van der Waals surface area contributed by atoms with Crippen molar-refractivity contribution in [3.05, 3.63) is 56.5 Å². The molecule has 0 unspecified atom stereocenters. The predicted octanol–water partition coefficient (Wildman–Crippen LogP) is 3.28. The maximum absolute atomic E-state index is 11.9. The Hall–Kier alpha value is -0.670. The minimum Gasteiger partial charge on any atom is -0.392 e. The Balaban J connectivity index is 0. The SMILES string of the molecule is C.CCNS(=O)(=O)c1cc(CO)ccc1Br.CCNS(=O)(=O)c1cc(COS(C)(=O)=O)ccc1Br.CS(=O)(=O)Cl. The molecule has 0 heterocycles. The lowest BCUT2D eigenvalue weighted by molar-refractivity contribution is 0.281. The number of sulfonamides is 2. The summed E-state index contributed by atoms with van der Waals surface area (Å²) in [5, 5.41) is 8.92. The molecule has 0 radical (unpaired) electrons. The number of nitrogens with one attached hydrogen (secondary N) is 2. The van der Waals surface area contributed by atoms with Crippen LogP contribution < -0.4 is 9.44 Å². The number of halogens is 3. The highest BCUT2D eigenvalue weighted by Crippen LogP contribution is 2.24. The Labute approximate surface area is 258 Å². The first-order valence-corrected chi connectivity index (χ1v) is 19.7. The Morgan fingerprint density at radius 2 is 1.12 bits per heavy atom. The molecule has 2 aromatic rings. The van der Waals surface area contributed by atoms with Crippen molar-refractivity contribution in [3.8, 4) is 0 Å². The molecule has 0 atom stereocenters. The summed E-state index contributed by atoms with van der Waals surface area (Å²) in [5.74, 6) is 0. The molecular weight excluding hydrogens is 764 g/mol. The fourth-order valence-corrected chi connectivity index (χ4v) is 6.86. The average molecular weight is 797 g/mol. The second-order valence-corrected chi connectivity index (χ2v) is 17.2.